The first-order valence-corrected chi connectivity index (χ1v) is 9.63. The van der Waals surface area contributed by atoms with Crippen molar-refractivity contribution in [3.8, 4) is 0 Å². The molecule has 0 atom stereocenters. The van der Waals surface area contributed by atoms with E-state index in [0.29, 0.717) is 24.6 Å². The minimum Gasteiger partial charge on any atom is -0.354 e. The van der Waals surface area contributed by atoms with Crippen LogP contribution in [0.25, 0.3) is 0 Å². The number of hydrogen-bond donors (Lipinski definition) is 1. The molecule has 1 aromatic heterocycles. The van der Waals surface area contributed by atoms with Gasteiger partial charge >= 0.3 is 0 Å². The molecule has 1 heterocycles. The summed E-state index contributed by atoms with van der Waals surface area (Å²) in [6.45, 7) is 5.21. The van der Waals surface area contributed by atoms with Crippen LogP contribution in [0.5, 0.6) is 0 Å². The molecule has 0 fully saturated rings. The van der Waals surface area contributed by atoms with Gasteiger partial charge in [-0.3, -0.25) is 4.79 Å². The van der Waals surface area contributed by atoms with Crippen molar-refractivity contribution in [2.75, 3.05) is 23.3 Å². The van der Waals surface area contributed by atoms with E-state index in [1.54, 1.807) is 17.3 Å². The number of carbonyl (C=O) groups is 1. The molecule has 0 bridgehead atoms. The van der Waals surface area contributed by atoms with E-state index in [1.165, 1.54) is 0 Å². The fourth-order valence-electron chi connectivity index (χ4n) is 2.94. The van der Waals surface area contributed by atoms with Gasteiger partial charge in [0, 0.05) is 36.2 Å². The van der Waals surface area contributed by atoms with Gasteiger partial charge < -0.3 is 10.2 Å². The molecule has 2 aromatic carbocycles. The monoisotopic (exact) mass is 394 g/mol. The molecule has 0 aliphatic rings. The third kappa shape index (κ3) is 5.08. The summed E-state index contributed by atoms with van der Waals surface area (Å²) in [5.74, 6) is 0.385. The lowest BCUT2D eigenvalue weighted by Crippen LogP contribution is -2.30. The third-order valence-electron chi connectivity index (χ3n) is 4.36. The molecule has 0 aliphatic carbocycles. The van der Waals surface area contributed by atoms with Gasteiger partial charge in [0.05, 0.1) is 5.56 Å². The summed E-state index contributed by atoms with van der Waals surface area (Å²) in [5.41, 5.74) is 3.59. The lowest BCUT2D eigenvalue weighted by Gasteiger charge is -2.21. The Bertz CT molecular complexity index is 943. The maximum atomic E-state index is 12.8. The number of nitrogens with zero attached hydrogens (tertiary/aromatic N) is 3. The first-order chi connectivity index (χ1) is 13.6. The molecule has 1 amide bonds. The largest absolute Gasteiger partial charge is 0.354 e. The fraction of sp³-hybridized carbons (Fsp3) is 0.227. The number of nitrogens with one attached hydrogen (secondary N) is 1. The van der Waals surface area contributed by atoms with Crippen LogP contribution in [-0.4, -0.2) is 29.0 Å². The quantitative estimate of drug-likeness (QED) is 0.627. The van der Waals surface area contributed by atoms with Gasteiger partial charge in [-0.25, -0.2) is 9.97 Å². The van der Waals surface area contributed by atoms with Gasteiger partial charge in [0.25, 0.3) is 5.91 Å². The second-order valence-corrected chi connectivity index (χ2v) is 6.93. The van der Waals surface area contributed by atoms with Crippen molar-refractivity contribution in [2.24, 2.45) is 0 Å². The zero-order chi connectivity index (χ0) is 19.9. The zero-order valence-electron chi connectivity index (χ0n) is 16.0. The van der Waals surface area contributed by atoms with E-state index in [-0.39, 0.29) is 5.91 Å². The summed E-state index contributed by atoms with van der Waals surface area (Å²) < 4.78 is 0. The molecular weight excluding hydrogens is 372 g/mol. The number of hydrogen-bond acceptors (Lipinski definition) is 4. The van der Waals surface area contributed by atoms with Crippen molar-refractivity contribution >= 4 is 29.1 Å². The highest BCUT2D eigenvalue weighted by Gasteiger charge is 2.17. The minimum absolute atomic E-state index is 0.112. The third-order valence-corrected chi connectivity index (χ3v) is 4.59. The van der Waals surface area contributed by atoms with Gasteiger partial charge in [-0.15, -0.1) is 0 Å². The Morgan fingerprint density at radius 3 is 2.54 bits per heavy atom. The van der Waals surface area contributed by atoms with Crippen LogP contribution in [0, 0.1) is 6.92 Å². The Labute approximate surface area is 170 Å². The Morgan fingerprint density at radius 2 is 1.86 bits per heavy atom. The van der Waals surface area contributed by atoms with Crippen LogP contribution >= 0.6 is 11.6 Å². The molecule has 1 N–H and O–H groups in total. The highest BCUT2D eigenvalue weighted by atomic mass is 35.5. The summed E-state index contributed by atoms with van der Waals surface area (Å²) in [5, 5.41) is 3.90. The van der Waals surface area contributed by atoms with Crippen LogP contribution in [0.3, 0.4) is 0 Å². The average molecular weight is 395 g/mol. The summed E-state index contributed by atoms with van der Waals surface area (Å²) in [6.07, 6.45) is 3.94. The highest BCUT2D eigenvalue weighted by molar-refractivity contribution is 6.30. The van der Waals surface area contributed by atoms with Crippen LogP contribution in [0.15, 0.2) is 60.9 Å². The highest BCUT2D eigenvalue weighted by Crippen LogP contribution is 2.18. The first kappa shape index (κ1) is 19.8. The maximum Gasteiger partial charge on any atom is 0.261 e. The molecule has 0 aliphatic heterocycles. The summed E-state index contributed by atoms with van der Waals surface area (Å²) in [7, 11) is 0. The average Bonchev–Trinajstić information content (AvgIpc) is 2.69. The number of rotatable bonds is 7. The molecule has 0 saturated carbocycles. The van der Waals surface area contributed by atoms with Crippen LogP contribution < -0.4 is 10.2 Å². The summed E-state index contributed by atoms with van der Waals surface area (Å²) >= 11 is 6.00. The van der Waals surface area contributed by atoms with E-state index in [0.717, 1.165) is 28.3 Å². The predicted octanol–water partition coefficient (Wildman–Crippen LogP) is 4.76. The molecule has 144 valence electrons. The number of benzene rings is 2. The lowest BCUT2D eigenvalue weighted by molar-refractivity contribution is 0.0987. The van der Waals surface area contributed by atoms with Gasteiger partial charge in [-0.2, -0.15) is 0 Å². The molecule has 5 nitrogen and oxygen atoms in total. The van der Waals surface area contributed by atoms with Crippen molar-refractivity contribution in [1.29, 1.82) is 0 Å². The number of anilines is 2. The van der Waals surface area contributed by atoms with Crippen molar-refractivity contribution < 1.29 is 4.79 Å². The molecule has 3 rings (SSSR count). The summed E-state index contributed by atoms with van der Waals surface area (Å²) in [6, 6.07) is 15.6. The number of halogens is 1. The van der Waals surface area contributed by atoms with Gasteiger partial charge in [0.15, 0.2) is 0 Å². The Balaban J connectivity index is 1.62. The smallest absolute Gasteiger partial charge is 0.261 e. The second kappa shape index (κ2) is 9.33. The number of aromatic nitrogens is 2. The SMILES string of the molecule is CCN(C(=O)c1cnc(NCCc2cccc(Cl)c2)nc1)c1cccc(C)c1. The topological polar surface area (TPSA) is 58.1 Å². The molecular formula is C22H23ClN4O. The van der Waals surface area contributed by atoms with Gasteiger partial charge in [-0.1, -0.05) is 35.9 Å². The minimum atomic E-state index is -0.112. The van der Waals surface area contributed by atoms with Gasteiger partial charge in [-0.05, 0) is 55.7 Å². The van der Waals surface area contributed by atoms with Crippen molar-refractivity contribution in [3.63, 3.8) is 0 Å². The Kier molecular flexibility index (Phi) is 6.61. The van der Waals surface area contributed by atoms with Crippen molar-refractivity contribution in [2.45, 2.75) is 20.3 Å². The van der Waals surface area contributed by atoms with Gasteiger partial charge in [0.2, 0.25) is 5.95 Å². The standard InChI is InChI=1S/C22H23ClN4O/c1-3-27(20-9-4-6-16(2)12-20)21(28)18-14-25-22(26-15-18)24-11-10-17-7-5-8-19(23)13-17/h4-9,12-15H,3,10-11H2,1-2H3,(H,24,25,26). The normalized spacial score (nSPS) is 10.5. The van der Waals surface area contributed by atoms with E-state index in [2.05, 4.69) is 15.3 Å². The molecule has 0 radical (unpaired) electrons. The predicted molar refractivity (Wildman–Crippen MR) is 114 cm³/mol. The van der Waals surface area contributed by atoms with Crippen molar-refractivity contribution in [3.05, 3.63) is 82.6 Å². The maximum absolute atomic E-state index is 12.8. The van der Waals surface area contributed by atoms with Gasteiger partial charge in [0.1, 0.15) is 0 Å². The number of carbonyl (C=O) groups excluding carboxylic acids is 1. The van der Waals surface area contributed by atoms with Crippen LogP contribution in [0.4, 0.5) is 11.6 Å². The van der Waals surface area contributed by atoms with Crippen LogP contribution in [0.2, 0.25) is 5.02 Å². The van der Waals surface area contributed by atoms with E-state index in [9.17, 15) is 4.79 Å². The van der Waals surface area contributed by atoms with Crippen LogP contribution in [-0.2, 0) is 6.42 Å². The van der Waals surface area contributed by atoms with E-state index >= 15 is 0 Å². The van der Waals surface area contributed by atoms with Crippen molar-refractivity contribution in [1.82, 2.24) is 9.97 Å². The first-order valence-electron chi connectivity index (χ1n) is 9.25. The Hall–Kier alpha value is -2.92. The van der Waals surface area contributed by atoms with E-state index < -0.39 is 0 Å². The fourth-order valence-corrected chi connectivity index (χ4v) is 3.15. The molecule has 0 saturated heterocycles. The van der Waals surface area contributed by atoms with Crippen LogP contribution in [0.1, 0.15) is 28.4 Å². The number of amides is 1. The molecule has 3 aromatic rings. The number of aryl methyl sites for hydroxylation is 1. The zero-order valence-corrected chi connectivity index (χ0v) is 16.8. The van der Waals surface area contributed by atoms with E-state index in [4.69, 9.17) is 11.6 Å². The molecule has 6 heteroatoms. The molecule has 0 unspecified atom stereocenters. The summed E-state index contributed by atoms with van der Waals surface area (Å²) in [4.78, 5) is 23.1. The lowest BCUT2D eigenvalue weighted by atomic mass is 10.1. The molecule has 0 spiro atoms. The van der Waals surface area contributed by atoms with E-state index in [1.807, 2.05) is 62.4 Å². The Morgan fingerprint density at radius 1 is 1.11 bits per heavy atom. The second-order valence-electron chi connectivity index (χ2n) is 6.49. The molecule has 28 heavy (non-hydrogen) atoms.